The number of aliphatic imine (C=N–C) groups is 1. The van der Waals surface area contributed by atoms with E-state index in [0.717, 1.165) is 25.5 Å². The molecule has 1 heterocycles. The maximum Gasteiger partial charge on any atom is 0.243 e. The molecule has 0 spiro atoms. The fraction of sp³-hybridized carbons (Fsp3) is 0.391. The molecule has 0 saturated carbocycles. The first kappa shape index (κ1) is 19.9. The van der Waals surface area contributed by atoms with Gasteiger partial charge in [-0.15, -0.1) is 0 Å². The number of hydrogen-bond donors (Lipinski definition) is 1. The summed E-state index contributed by atoms with van der Waals surface area (Å²) < 4.78 is 0. The number of nitrogens with zero attached hydrogens (tertiary/aromatic N) is 3. The lowest BCUT2D eigenvalue weighted by Gasteiger charge is -2.26. The summed E-state index contributed by atoms with van der Waals surface area (Å²) in [5.74, 6) is 1.31. The van der Waals surface area contributed by atoms with Crippen molar-refractivity contribution in [1.82, 2.24) is 15.1 Å². The van der Waals surface area contributed by atoms with Crippen LogP contribution in [-0.2, 0) is 4.79 Å². The van der Waals surface area contributed by atoms with Crippen molar-refractivity contribution in [3.05, 3.63) is 71.8 Å². The highest BCUT2D eigenvalue weighted by Gasteiger charge is 2.27. The molecule has 28 heavy (non-hydrogen) atoms. The van der Waals surface area contributed by atoms with Gasteiger partial charge in [0.15, 0.2) is 5.96 Å². The number of guanidine groups is 1. The normalized spacial score (nSPS) is 18.0. The van der Waals surface area contributed by atoms with E-state index >= 15 is 0 Å². The van der Waals surface area contributed by atoms with Crippen LogP contribution in [0.4, 0.5) is 0 Å². The summed E-state index contributed by atoms with van der Waals surface area (Å²) in [5, 5.41) is 3.55. The lowest BCUT2D eigenvalue weighted by Crippen LogP contribution is -2.42. The number of likely N-dealkylation sites (tertiary alicyclic amines) is 1. The Hall–Kier alpha value is -2.82. The first-order valence-corrected chi connectivity index (χ1v) is 9.90. The van der Waals surface area contributed by atoms with Gasteiger partial charge in [0.25, 0.3) is 0 Å². The summed E-state index contributed by atoms with van der Waals surface area (Å²) >= 11 is 0. The van der Waals surface area contributed by atoms with Crippen molar-refractivity contribution in [2.45, 2.75) is 25.3 Å². The molecule has 5 heteroatoms. The minimum absolute atomic E-state index is 0.00507. The van der Waals surface area contributed by atoms with Crippen molar-refractivity contribution in [3.8, 4) is 0 Å². The van der Waals surface area contributed by atoms with Gasteiger partial charge in [-0.3, -0.25) is 4.79 Å². The molecule has 1 fully saturated rings. The molecular formula is C23H30N4O. The maximum absolute atomic E-state index is 12.1. The fourth-order valence-electron chi connectivity index (χ4n) is 3.49. The zero-order valence-corrected chi connectivity index (χ0v) is 17.0. The number of carbonyl (C=O) groups is 1. The molecule has 1 aliphatic rings. The van der Waals surface area contributed by atoms with Crippen LogP contribution in [0.1, 0.15) is 36.4 Å². The highest BCUT2D eigenvalue weighted by atomic mass is 16.2. The topological polar surface area (TPSA) is 47.9 Å². The predicted molar refractivity (Wildman–Crippen MR) is 114 cm³/mol. The first-order valence-electron chi connectivity index (χ1n) is 9.90. The Bertz CT molecular complexity index is 789. The molecule has 0 aliphatic carbocycles. The number of amides is 1. The number of carbonyl (C=O) groups excluding carboxylic acids is 1. The molecule has 5 nitrogen and oxygen atoms in total. The highest BCUT2D eigenvalue weighted by Crippen LogP contribution is 2.27. The third kappa shape index (κ3) is 5.12. The van der Waals surface area contributed by atoms with E-state index in [0.29, 0.717) is 5.92 Å². The van der Waals surface area contributed by atoms with Crippen LogP contribution in [0.2, 0.25) is 0 Å². The summed E-state index contributed by atoms with van der Waals surface area (Å²) in [6, 6.07) is 21.1. The fourth-order valence-corrected chi connectivity index (χ4v) is 3.49. The SMILES string of the molecule is CC(NC(=NCC(=O)N(C)C)N1CCC(c2ccccc2)C1)c1ccccc1. The Morgan fingerprint density at radius 2 is 1.79 bits per heavy atom. The number of nitrogens with one attached hydrogen (secondary N) is 1. The third-order valence-corrected chi connectivity index (χ3v) is 5.27. The molecule has 2 aromatic rings. The number of rotatable bonds is 5. The Morgan fingerprint density at radius 1 is 1.14 bits per heavy atom. The van der Waals surface area contributed by atoms with Gasteiger partial charge in [-0.25, -0.2) is 4.99 Å². The van der Waals surface area contributed by atoms with Gasteiger partial charge in [0, 0.05) is 33.1 Å². The van der Waals surface area contributed by atoms with Crippen LogP contribution in [0.25, 0.3) is 0 Å². The van der Waals surface area contributed by atoms with E-state index in [2.05, 4.69) is 64.6 Å². The molecular weight excluding hydrogens is 348 g/mol. The molecule has 0 bridgehead atoms. The predicted octanol–water partition coefficient (Wildman–Crippen LogP) is 3.27. The maximum atomic E-state index is 12.1. The first-order chi connectivity index (χ1) is 13.5. The quantitative estimate of drug-likeness (QED) is 0.642. The van der Waals surface area contributed by atoms with E-state index in [1.807, 2.05) is 18.2 Å². The van der Waals surface area contributed by atoms with Gasteiger partial charge in [-0.2, -0.15) is 0 Å². The van der Waals surface area contributed by atoms with Crippen LogP contribution in [0.3, 0.4) is 0 Å². The molecule has 0 aromatic heterocycles. The van der Waals surface area contributed by atoms with Gasteiger partial charge in [0.05, 0.1) is 6.04 Å². The molecule has 1 aliphatic heterocycles. The van der Waals surface area contributed by atoms with Crippen LogP contribution in [0.5, 0.6) is 0 Å². The lowest BCUT2D eigenvalue weighted by molar-refractivity contribution is -0.127. The van der Waals surface area contributed by atoms with Gasteiger partial charge < -0.3 is 15.1 Å². The number of likely N-dealkylation sites (N-methyl/N-ethyl adjacent to an activating group) is 1. The molecule has 1 saturated heterocycles. The van der Waals surface area contributed by atoms with Crippen molar-refractivity contribution in [2.75, 3.05) is 33.7 Å². The summed E-state index contributed by atoms with van der Waals surface area (Å²) in [4.78, 5) is 20.6. The minimum atomic E-state index is 0.00507. The van der Waals surface area contributed by atoms with Gasteiger partial charge in [-0.1, -0.05) is 60.7 Å². The second-order valence-electron chi connectivity index (χ2n) is 7.55. The molecule has 2 aromatic carbocycles. The molecule has 3 rings (SSSR count). The van der Waals surface area contributed by atoms with Gasteiger partial charge in [0.2, 0.25) is 5.91 Å². The Kier molecular flexibility index (Phi) is 6.69. The van der Waals surface area contributed by atoms with Crippen LogP contribution < -0.4 is 5.32 Å². The summed E-state index contributed by atoms with van der Waals surface area (Å²) in [5.41, 5.74) is 2.57. The third-order valence-electron chi connectivity index (χ3n) is 5.27. The lowest BCUT2D eigenvalue weighted by atomic mass is 9.99. The Morgan fingerprint density at radius 3 is 2.43 bits per heavy atom. The van der Waals surface area contributed by atoms with E-state index in [1.165, 1.54) is 11.1 Å². The van der Waals surface area contributed by atoms with Crippen LogP contribution in [0, 0.1) is 0 Å². The Balaban J connectivity index is 1.74. The van der Waals surface area contributed by atoms with E-state index in [4.69, 9.17) is 0 Å². The average Bonchev–Trinajstić information content (AvgIpc) is 3.22. The number of hydrogen-bond acceptors (Lipinski definition) is 2. The largest absolute Gasteiger partial charge is 0.350 e. The van der Waals surface area contributed by atoms with E-state index < -0.39 is 0 Å². The van der Waals surface area contributed by atoms with Gasteiger partial charge >= 0.3 is 0 Å². The molecule has 2 unspecified atom stereocenters. The molecule has 2 atom stereocenters. The van der Waals surface area contributed by atoms with Gasteiger partial charge in [-0.05, 0) is 24.5 Å². The number of benzene rings is 2. The van der Waals surface area contributed by atoms with E-state index in [-0.39, 0.29) is 18.5 Å². The van der Waals surface area contributed by atoms with Crippen molar-refractivity contribution in [1.29, 1.82) is 0 Å². The van der Waals surface area contributed by atoms with Crippen molar-refractivity contribution >= 4 is 11.9 Å². The summed E-state index contributed by atoms with van der Waals surface area (Å²) in [7, 11) is 3.53. The van der Waals surface area contributed by atoms with Crippen molar-refractivity contribution < 1.29 is 4.79 Å². The zero-order valence-electron chi connectivity index (χ0n) is 17.0. The molecule has 0 radical (unpaired) electrons. The van der Waals surface area contributed by atoms with Crippen LogP contribution in [0.15, 0.2) is 65.7 Å². The zero-order chi connectivity index (χ0) is 19.9. The van der Waals surface area contributed by atoms with Crippen LogP contribution in [-0.4, -0.2) is 55.4 Å². The van der Waals surface area contributed by atoms with Crippen molar-refractivity contribution in [3.63, 3.8) is 0 Å². The van der Waals surface area contributed by atoms with E-state index in [9.17, 15) is 4.79 Å². The Labute approximate surface area is 168 Å². The minimum Gasteiger partial charge on any atom is -0.350 e. The second-order valence-corrected chi connectivity index (χ2v) is 7.55. The molecule has 148 valence electrons. The summed E-state index contributed by atoms with van der Waals surface area (Å²) in [6.45, 7) is 4.13. The smallest absolute Gasteiger partial charge is 0.243 e. The second kappa shape index (κ2) is 9.40. The highest BCUT2D eigenvalue weighted by molar-refractivity contribution is 5.85. The monoisotopic (exact) mass is 378 g/mol. The molecule has 1 amide bonds. The standard InChI is InChI=1S/C23H30N4O/c1-18(19-10-6-4-7-11-19)25-23(24-16-22(28)26(2)3)27-15-14-21(17-27)20-12-8-5-9-13-20/h4-13,18,21H,14-17H2,1-3H3,(H,24,25). The van der Waals surface area contributed by atoms with Crippen molar-refractivity contribution in [2.24, 2.45) is 4.99 Å². The van der Waals surface area contributed by atoms with Crippen LogP contribution >= 0.6 is 0 Å². The van der Waals surface area contributed by atoms with Gasteiger partial charge in [0.1, 0.15) is 6.54 Å². The average molecular weight is 379 g/mol. The van der Waals surface area contributed by atoms with E-state index in [1.54, 1.807) is 19.0 Å². The molecule has 1 N–H and O–H groups in total. The summed E-state index contributed by atoms with van der Waals surface area (Å²) in [6.07, 6.45) is 1.09.